The fourth-order valence-electron chi connectivity index (χ4n) is 3.12. The molecule has 0 aliphatic carbocycles. The van der Waals surface area contributed by atoms with E-state index in [1.165, 1.54) is 0 Å². The van der Waals surface area contributed by atoms with E-state index in [-0.39, 0.29) is 11.9 Å². The minimum absolute atomic E-state index is 0.0128. The predicted molar refractivity (Wildman–Crippen MR) is 99.1 cm³/mol. The summed E-state index contributed by atoms with van der Waals surface area (Å²) in [5, 5.41) is 3.11. The van der Waals surface area contributed by atoms with Gasteiger partial charge in [0.2, 0.25) is 0 Å². The van der Waals surface area contributed by atoms with Gasteiger partial charge >= 0.3 is 0 Å². The van der Waals surface area contributed by atoms with Gasteiger partial charge in [0, 0.05) is 43.1 Å². The van der Waals surface area contributed by atoms with Gasteiger partial charge in [0.15, 0.2) is 0 Å². The second kappa shape index (κ2) is 8.12. The minimum atomic E-state index is -0.0387. The second-order valence-corrected chi connectivity index (χ2v) is 6.46. The molecule has 1 aromatic heterocycles. The zero-order chi connectivity index (χ0) is 17.6. The molecular weight excluding hydrogens is 314 g/mol. The Hall–Kier alpha value is -2.40. The average Bonchev–Trinajstić information content (AvgIpc) is 2.64. The standard InChI is InChI=1S/C20H25N3O2/c1-15-6-5-9-21-18(15)14-16(2)22-20(24)17-7-3-4-8-19(17)23-10-12-25-13-11-23/h3-9,16H,10-14H2,1-2H3,(H,22,24). The molecule has 0 bridgehead atoms. The van der Waals surface area contributed by atoms with Gasteiger partial charge in [0.25, 0.3) is 5.91 Å². The first-order valence-corrected chi connectivity index (χ1v) is 8.78. The Balaban J connectivity index is 1.69. The highest BCUT2D eigenvalue weighted by Gasteiger charge is 2.19. The van der Waals surface area contributed by atoms with Crippen molar-refractivity contribution in [3.63, 3.8) is 0 Å². The first-order chi connectivity index (χ1) is 12.1. The number of aromatic nitrogens is 1. The fourth-order valence-corrected chi connectivity index (χ4v) is 3.12. The number of nitrogens with zero attached hydrogens (tertiary/aromatic N) is 2. The van der Waals surface area contributed by atoms with Gasteiger partial charge in [-0.25, -0.2) is 0 Å². The maximum Gasteiger partial charge on any atom is 0.253 e. The summed E-state index contributed by atoms with van der Waals surface area (Å²) < 4.78 is 5.41. The van der Waals surface area contributed by atoms with Crippen molar-refractivity contribution in [1.29, 1.82) is 0 Å². The highest BCUT2D eigenvalue weighted by Crippen LogP contribution is 2.21. The van der Waals surface area contributed by atoms with Crippen LogP contribution in [0.15, 0.2) is 42.6 Å². The van der Waals surface area contributed by atoms with Crippen molar-refractivity contribution in [2.45, 2.75) is 26.3 Å². The third-order valence-electron chi connectivity index (χ3n) is 4.50. The quantitative estimate of drug-likeness (QED) is 0.910. The molecule has 2 aromatic rings. The Bertz CT molecular complexity index is 726. The molecule has 5 heteroatoms. The number of amides is 1. The molecule has 2 heterocycles. The Morgan fingerprint density at radius 3 is 2.76 bits per heavy atom. The summed E-state index contributed by atoms with van der Waals surface area (Å²) in [5.41, 5.74) is 3.87. The van der Waals surface area contributed by atoms with Crippen molar-refractivity contribution in [3.8, 4) is 0 Å². The zero-order valence-electron chi connectivity index (χ0n) is 14.9. The number of rotatable bonds is 5. The molecule has 1 aliphatic rings. The van der Waals surface area contributed by atoms with Crippen LogP contribution in [-0.2, 0) is 11.2 Å². The number of carbonyl (C=O) groups excluding carboxylic acids is 1. The molecule has 1 N–H and O–H groups in total. The van der Waals surface area contributed by atoms with Crippen LogP contribution in [0.4, 0.5) is 5.69 Å². The van der Waals surface area contributed by atoms with Crippen molar-refractivity contribution in [2.75, 3.05) is 31.2 Å². The number of carbonyl (C=O) groups is 1. The van der Waals surface area contributed by atoms with E-state index >= 15 is 0 Å². The van der Waals surface area contributed by atoms with Gasteiger partial charge in [-0.05, 0) is 37.6 Å². The Morgan fingerprint density at radius 2 is 2.00 bits per heavy atom. The Labute approximate surface area is 149 Å². The van der Waals surface area contributed by atoms with Gasteiger partial charge in [-0.15, -0.1) is 0 Å². The molecule has 1 amide bonds. The van der Waals surface area contributed by atoms with E-state index in [2.05, 4.69) is 15.2 Å². The molecule has 132 valence electrons. The molecule has 0 radical (unpaired) electrons. The fraction of sp³-hybridized carbons (Fsp3) is 0.400. The van der Waals surface area contributed by atoms with Crippen LogP contribution in [0.2, 0.25) is 0 Å². The first kappa shape index (κ1) is 17.4. The summed E-state index contributed by atoms with van der Waals surface area (Å²) in [6, 6.07) is 11.8. The molecule has 1 unspecified atom stereocenters. The number of para-hydroxylation sites is 1. The monoisotopic (exact) mass is 339 g/mol. The van der Waals surface area contributed by atoms with E-state index in [0.717, 1.165) is 36.5 Å². The zero-order valence-corrected chi connectivity index (χ0v) is 14.9. The summed E-state index contributed by atoms with van der Waals surface area (Å²) in [6.45, 7) is 7.09. The molecule has 0 spiro atoms. The lowest BCUT2D eigenvalue weighted by Gasteiger charge is -2.30. The molecule has 1 fully saturated rings. The van der Waals surface area contributed by atoms with E-state index in [9.17, 15) is 4.79 Å². The lowest BCUT2D eigenvalue weighted by molar-refractivity contribution is 0.0938. The molecule has 1 saturated heterocycles. The number of hydrogen-bond donors (Lipinski definition) is 1. The van der Waals surface area contributed by atoms with Gasteiger partial charge in [-0.1, -0.05) is 18.2 Å². The average molecular weight is 339 g/mol. The normalized spacial score (nSPS) is 15.7. The van der Waals surface area contributed by atoms with Crippen molar-refractivity contribution in [1.82, 2.24) is 10.3 Å². The van der Waals surface area contributed by atoms with Gasteiger partial charge in [-0.2, -0.15) is 0 Å². The van der Waals surface area contributed by atoms with Gasteiger partial charge in [0.1, 0.15) is 0 Å². The van der Waals surface area contributed by atoms with Crippen molar-refractivity contribution in [3.05, 3.63) is 59.4 Å². The predicted octanol–water partition coefficient (Wildman–Crippen LogP) is 2.59. The van der Waals surface area contributed by atoms with Crippen molar-refractivity contribution >= 4 is 11.6 Å². The van der Waals surface area contributed by atoms with Crippen LogP contribution in [-0.4, -0.2) is 43.2 Å². The molecule has 5 nitrogen and oxygen atoms in total. The smallest absolute Gasteiger partial charge is 0.253 e. The topological polar surface area (TPSA) is 54.5 Å². The molecule has 1 aliphatic heterocycles. The summed E-state index contributed by atoms with van der Waals surface area (Å²) in [7, 11) is 0. The van der Waals surface area contributed by atoms with E-state index in [1.807, 2.05) is 50.2 Å². The highest BCUT2D eigenvalue weighted by atomic mass is 16.5. The maximum absolute atomic E-state index is 12.8. The number of anilines is 1. The van der Waals surface area contributed by atoms with Crippen molar-refractivity contribution < 1.29 is 9.53 Å². The van der Waals surface area contributed by atoms with Crippen LogP contribution in [0.3, 0.4) is 0 Å². The van der Waals surface area contributed by atoms with Crippen LogP contribution in [0, 0.1) is 6.92 Å². The van der Waals surface area contributed by atoms with E-state index in [1.54, 1.807) is 6.20 Å². The molecule has 25 heavy (non-hydrogen) atoms. The van der Waals surface area contributed by atoms with Gasteiger partial charge in [0.05, 0.1) is 18.8 Å². The lowest BCUT2D eigenvalue weighted by Crippen LogP contribution is -2.39. The first-order valence-electron chi connectivity index (χ1n) is 8.78. The summed E-state index contributed by atoms with van der Waals surface area (Å²) >= 11 is 0. The van der Waals surface area contributed by atoms with E-state index in [4.69, 9.17) is 4.74 Å². The SMILES string of the molecule is Cc1cccnc1CC(C)NC(=O)c1ccccc1N1CCOCC1. The van der Waals surface area contributed by atoms with Crippen LogP contribution < -0.4 is 10.2 Å². The maximum atomic E-state index is 12.8. The summed E-state index contributed by atoms with van der Waals surface area (Å²) in [6.07, 6.45) is 2.52. The second-order valence-electron chi connectivity index (χ2n) is 6.46. The lowest BCUT2D eigenvalue weighted by atomic mass is 10.1. The summed E-state index contributed by atoms with van der Waals surface area (Å²) in [4.78, 5) is 19.4. The van der Waals surface area contributed by atoms with Crippen LogP contribution >= 0.6 is 0 Å². The van der Waals surface area contributed by atoms with E-state index < -0.39 is 0 Å². The Morgan fingerprint density at radius 1 is 1.24 bits per heavy atom. The molecule has 1 aromatic carbocycles. The summed E-state index contributed by atoms with van der Waals surface area (Å²) in [5.74, 6) is -0.0387. The van der Waals surface area contributed by atoms with E-state index in [0.29, 0.717) is 18.8 Å². The van der Waals surface area contributed by atoms with Gasteiger partial charge in [-0.3, -0.25) is 9.78 Å². The van der Waals surface area contributed by atoms with Crippen LogP contribution in [0.1, 0.15) is 28.5 Å². The Kier molecular flexibility index (Phi) is 5.66. The molecular formula is C20H25N3O2. The van der Waals surface area contributed by atoms with Crippen LogP contribution in [0.5, 0.6) is 0 Å². The van der Waals surface area contributed by atoms with Crippen LogP contribution in [0.25, 0.3) is 0 Å². The highest BCUT2D eigenvalue weighted by molar-refractivity contribution is 6.00. The number of nitrogens with one attached hydrogen (secondary N) is 1. The molecule has 3 rings (SSSR count). The largest absolute Gasteiger partial charge is 0.378 e. The molecule has 0 saturated carbocycles. The number of morpholine rings is 1. The number of pyridine rings is 1. The third kappa shape index (κ3) is 4.37. The number of aryl methyl sites for hydroxylation is 1. The van der Waals surface area contributed by atoms with Crippen molar-refractivity contribution in [2.24, 2.45) is 0 Å². The number of ether oxygens (including phenoxy) is 1. The third-order valence-corrected chi connectivity index (χ3v) is 4.50. The number of benzene rings is 1. The molecule has 1 atom stereocenters. The number of hydrogen-bond acceptors (Lipinski definition) is 4. The van der Waals surface area contributed by atoms with Gasteiger partial charge < -0.3 is 15.0 Å². The minimum Gasteiger partial charge on any atom is -0.378 e.